The average molecular weight is 293 g/mol. The Morgan fingerprint density at radius 2 is 1.67 bits per heavy atom. The van der Waals surface area contributed by atoms with Crippen LogP contribution in [0.25, 0.3) is 0 Å². The number of nitrogens with zero attached hydrogens (tertiary/aromatic N) is 1. The average Bonchev–Trinajstić information content (AvgIpc) is 2.56. The van der Waals surface area contributed by atoms with Gasteiger partial charge in [-0.1, -0.05) is 32.6 Å². The van der Waals surface area contributed by atoms with Gasteiger partial charge in [-0.2, -0.15) is 0 Å². The maximum atomic E-state index is 3.89. The highest BCUT2D eigenvalue weighted by molar-refractivity contribution is 4.93. The van der Waals surface area contributed by atoms with Crippen LogP contribution < -0.4 is 5.32 Å². The van der Waals surface area contributed by atoms with Crippen molar-refractivity contribution in [3.8, 4) is 0 Å². The SMILES string of the molecule is CCC1CCC(N2CC(C3CCCCC3)NCC2C)CC1. The third-order valence-corrected chi connectivity index (χ3v) is 6.73. The third kappa shape index (κ3) is 3.82. The molecule has 2 saturated carbocycles. The van der Waals surface area contributed by atoms with Crippen LogP contribution in [0.3, 0.4) is 0 Å². The van der Waals surface area contributed by atoms with Crippen molar-refractivity contribution in [3.63, 3.8) is 0 Å². The zero-order chi connectivity index (χ0) is 14.7. The molecule has 1 aliphatic heterocycles. The summed E-state index contributed by atoms with van der Waals surface area (Å²) in [7, 11) is 0. The van der Waals surface area contributed by atoms with E-state index in [1.165, 1.54) is 77.3 Å². The summed E-state index contributed by atoms with van der Waals surface area (Å²) in [5.41, 5.74) is 0. The fourth-order valence-corrected chi connectivity index (χ4v) is 5.16. The minimum atomic E-state index is 0.744. The molecule has 1 heterocycles. The maximum absolute atomic E-state index is 3.89. The molecule has 2 atom stereocenters. The van der Waals surface area contributed by atoms with Gasteiger partial charge < -0.3 is 5.32 Å². The molecule has 2 heteroatoms. The summed E-state index contributed by atoms with van der Waals surface area (Å²) in [6, 6.07) is 2.41. The van der Waals surface area contributed by atoms with Gasteiger partial charge in [0.2, 0.25) is 0 Å². The molecular weight excluding hydrogens is 256 g/mol. The standard InChI is InChI=1S/C19H36N2/c1-3-16-9-11-18(12-10-16)21-14-19(20-13-15(21)2)17-7-5-4-6-8-17/h15-20H,3-14H2,1-2H3. The fraction of sp³-hybridized carbons (Fsp3) is 1.00. The van der Waals surface area contributed by atoms with Crippen molar-refractivity contribution < 1.29 is 0 Å². The summed E-state index contributed by atoms with van der Waals surface area (Å²) in [6.45, 7) is 7.36. The smallest absolute Gasteiger partial charge is 0.0224 e. The van der Waals surface area contributed by atoms with Gasteiger partial charge in [0.25, 0.3) is 0 Å². The summed E-state index contributed by atoms with van der Waals surface area (Å²) in [5.74, 6) is 1.98. The van der Waals surface area contributed by atoms with Gasteiger partial charge in [-0.25, -0.2) is 0 Å². The Balaban J connectivity index is 1.56. The second-order valence-electron chi connectivity index (χ2n) is 8.04. The van der Waals surface area contributed by atoms with E-state index in [0.29, 0.717) is 0 Å². The molecule has 0 radical (unpaired) electrons. The summed E-state index contributed by atoms with van der Waals surface area (Å²) in [4.78, 5) is 2.89. The van der Waals surface area contributed by atoms with Crippen LogP contribution in [0.2, 0.25) is 0 Å². The molecule has 0 amide bonds. The van der Waals surface area contributed by atoms with Crippen LogP contribution in [0.5, 0.6) is 0 Å². The molecular formula is C19H36N2. The van der Waals surface area contributed by atoms with Gasteiger partial charge in [-0.05, 0) is 57.3 Å². The number of rotatable bonds is 3. The molecule has 2 aliphatic carbocycles. The van der Waals surface area contributed by atoms with Crippen molar-refractivity contribution in [1.82, 2.24) is 10.2 Å². The van der Waals surface area contributed by atoms with E-state index in [9.17, 15) is 0 Å². The Hall–Kier alpha value is -0.0800. The van der Waals surface area contributed by atoms with E-state index in [1.54, 1.807) is 0 Å². The number of hydrogen-bond acceptors (Lipinski definition) is 2. The highest BCUT2D eigenvalue weighted by Gasteiger charge is 2.35. The van der Waals surface area contributed by atoms with Crippen LogP contribution >= 0.6 is 0 Å². The Morgan fingerprint density at radius 3 is 2.33 bits per heavy atom. The first-order chi connectivity index (χ1) is 10.3. The summed E-state index contributed by atoms with van der Waals surface area (Å²) in [5, 5.41) is 3.89. The van der Waals surface area contributed by atoms with E-state index >= 15 is 0 Å². The van der Waals surface area contributed by atoms with Crippen LogP contribution in [-0.2, 0) is 0 Å². The Bertz CT molecular complexity index is 303. The summed E-state index contributed by atoms with van der Waals surface area (Å²) in [6.07, 6.45) is 14.6. The lowest BCUT2D eigenvalue weighted by Crippen LogP contribution is -2.61. The predicted octanol–water partition coefficient (Wildman–Crippen LogP) is 4.20. The lowest BCUT2D eigenvalue weighted by Gasteiger charge is -2.47. The molecule has 0 spiro atoms. The highest BCUT2D eigenvalue weighted by atomic mass is 15.3. The van der Waals surface area contributed by atoms with Gasteiger partial charge in [-0.3, -0.25) is 4.90 Å². The number of hydrogen-bond donors (Lipinski definition) is 1. The van der Waals surface area contributed by atoms with Gasteiger partial charge in [0.05, 0.1) is 0 Å². The monoisotopic (exact) mass is 292 g/mol. The minimum Gasteiger partial charge on any atom is -0.311 e. The fourth-order valence-electron chi connectivity index (χ4n) is 5.16. The molecule has 0 aromatic carbocycles. The van der Waals surface area contributed by atoms with Crippen molar-refractivity contribution in [2.24, 2.45) is 11.8 Å². The van der Waals surface area contributed by atoms with Gasteiger partial charge in [0, 0.05) is 31.2 Å². The largest absolute Gasteiger partial charge is 0.311 e. The first-order valence-corrected chi connectivity index (χ1v) is 9.77. The summed E-state index contributed by atoms with van der Waals surface area (Å²) < 4.78 is 0. The van der Waals surface area contributed by atoms with Crippen LogP contribution in [0.1, 0.15) is 78.1 Å². The highest BCUT2D eigenvalue weighted by Crippen LogP contribution is 2.33. The van der Waals surface area contributed by atoms with E-state index in [1.807, 2.05) is 0 Å². The second-order valence-corrected chi connectivity index (χ2v) is 8.04. The molecule has 0 aromatic rings. The van der Waals surface area contributed by atoms with Gasteiger partial charge in [0.15, 0.2) is 0 Å². The lowest BCUT2D eigenvalue weighted by atomic mass is 9.80. The maximum Gasteiger partial charge on any atom is 0.0224 e. The molecule has 122 valence electrons. The molecule has 3 rings (SSSR count). The van der Waals surface area contributed by atoms with Crippen LogP contribution in [-0.4, -0.2) is 36.1 Å². The molecule has 3 aliphatic rings. The topological polar surface area (TPSA) is 15.3 Å². The van der Waals surface area contributed by atoms with E-state index in [-0.39, 0.29) is 0 Å². The molecule has 2 nitrogen and oxygen atoms in total. The molecule has 0 bridgehead atoms. The molecule has 0 aromatic heterocycles. The van der Waals surface area contributed by atoms with Crippen molar-refractivity contribution in [2.75, 3.05) is 13.1 Å². The Morgan fingerprint density at radius 1 is 0.952 bits per heavy atom. The Kier molecular flexibility index (Phi) is 5.61. The quantitative estimate of drug-likeness (QED) is 0.839. The first-order valence-electron chi connectivity index (χ1n) is 9.77. The lowest BCUT2D eigenvalue weighted by molar-refractivity contribution is 0.0423. The van der Waals surface area contributed by atoms with Crippen LogP contribution in [0.4, 0.5) is 0 Å². The first kappa shape index (κ1) is 15.8. The molecule has 1 N–H and O–H groups in total. The van der Waals surface area contributed by atoms with Gasteiger partial charge in [0.1, 0.15) is 0 Å². The van der Waals surface area contributed by atoms with E-state index in [0.717, 1.165) is 30.0 Å². The normalized spacial score (nSPS) is 40.3. The van der Waals surface area contributed by atoms with Gasteiger partial charge in [-0.15, -0.1) is 0 Å². The minimum absolute atomic E-state index is 0.744. The molecule has 3 fully saturated rings. The number of piperazine rings is 1. The molecule has 2 unspecified atom stereocenters. The van der Waals surface area contributed by atoms with E-state index < -0.39 is 0 Å². The van der Waals surface area contributed by atoms with Crippen molar-refractivity contribution in [2.45, 2.75) is 96.2 Å². The van der Waals surface area contributed by atoms with Crippen LogP contribution in [0.15, 0.2) is 0 Å². The third-order valence-electron chi connectivity index (χ3n) is 6.73. The van der Waals surface area contributed by atoms with Crippen molar-refractivity contribution in [3.05, 3.63) is 0 Å². The van der Waals surface area contributed by atoms with E-state index in [2.05, 4.69) is 24.1 Å². The predicted molar refractivity (Wildman–Crippen MR) is 90.6 cm³/mol. The van der Waals surface area contributed by atoms with Gasteiger partial charge >= 0.3 is 0 Å². The molecule has 1 saturated heterocycles. The summed E-state index contributed by atoms with van der Waals surface area (Å²) >= 11 is 0. The van der Waals surface area contributed by atoms with Crippen molar-refractivity contribution >= 4 is 0 Å². The van der Waals surface area contributed by atoms with E-state index in [4.69, 9.17) is 0 Å². The zero-order valence-corrected chi connectivity index (χ0v) is 14.3. The zero-order valence-electron chi connectivity index (χ0n) is 14.3. The number of nitrogens with one attached hydrogen (secondary N) is 1. The second kappa shape index (κ2) is 7.46. The van der Waals surface area contributed by atoms with Crippen LogP contribution in [0, 0.1) is 11.8 Å². The molecule has 21 heavy (non-hydrogen) atoms. The van der Waals surface area contributed by atoms with Crippen molar-refractivity contribution in [1.29, 1.82) is 0 Å². The Labute approximate surface area is 132 Å².